The fourth-order valence-corrected chi connectivity index (χ4v) is 2.79. The fraction of sp³-hybridized carbons (Fsp3) is 0.364. The van der Waals surface area contributed by atoms with Gasteiger partial charge in [0.15, 0.2) is 0 Å². The number of benzene rings is 2. The van der Waals surface area contributed by atoms with E-state index in [0.717, 1.165) is 12.0 Å². The average molecular weight is 368 g/mol. The molecule has 0 fully saturated rings. The van der Waals surface area contributed by atoms with Gasteiger partial charge in [0.2, 0.25) is 5.91 Å². The van der Waals surface area contributed by atoms with E-state index >= 15 is 0 Å². The second-order valence-electron chi connectivity index (χ2n) is 7.04. The largest absolute Gasteiger partial charge is 0.497 e. The van der Waals surface area contributed by atoms with E-state index in [1.54, 1.807) is 31.4 Å². The van der Waals surface area contributed by atoms with E-state index in [2.05, 4.69) is 36.6 Å². The highest BCUT2D eigenvalue weighted by atomic mass is 16.5. The second-order valence-corrected chi connectivity index (χ2v) is 7.04. The number of ether oxygens (including phenoxy) is 1. The van der Waals surface area contributed by atoms with Crippen molar-refractivity contribution in [2.45, 2.75) is 33.2 Å². The third-order valence-corrected chi connectivity index (χ3v) is 4.26. The molecule has 2 amide bonds. The van der Waals surface area contributed by atoms with Crippen molar-refractivity contribution in [2.24, 2.45) is 5.92 Å². The van der Waals surface area contributed by atoms with E-state index < -0.39 is 0 Å². The van der Waals surface area contributed by atoms with Crippen LogP contribution in [-0.2, 0) is 11.2 Å². The molecule has 2 N–H and O–H groups in total. The summed E-state index contributed by atoms with van der Waals surface area (Å²) in [6.45, 7) is 6.25. The molecular formula is C22H28N2O3. The SMILES string of the molecule is COc1ccc(C(=O)NCC(=O)NC(C)c2ccc(CC(C)C)cc2)cc1. The normalized spacial score (nSPS) is 11.7. The van der Waals surface area contributed by atoms with E-state index in [4.69, 9.17) is 4.74 Å². The third kappa shape index (κ3) is 6.44. The zero-order valence-electron chi connectivity index (χ0n) is 16.4. The van der Waals surface area contributed by atoms with Crippen LogP contribution >= 0.6 is 0 Å². The molecule has 0 saturated heterocycles. The summed E-state index contributed by atoms with van der Waals surface area (Å²) in [5.74, 6) is 0.772. The van der Waals surface area contributed by atoms with E-state index in [-0.39, 0.29) is 24.4 Å². The smallest absolute Gasteiger partial charge is 0.251 e. The fourth-order valence-electron chi connectivity index (χ4n) is 2.79. The third-order valence-electron chi connectivity index (χ3n) is 4.26. The molecular weight excluding hydrogens is 340 g/mol. The summed E-state index contributed by atoms with van der Waals surface area (Å²) in [6.07, 6.45) is 1.04. The van der Waals surface area contributed by atoms with Gasteiger partial charge in [0.1, 0.15) is 5.75 Å². The van der Waals surface area contributed by atoms with Gasteiger partial charge in [-0.1, -0.05) is 38.1 Å². The predicted octanol–water partition coefficient (Wildman–Crippen LogP) is 3.50. The van der Waals surface area contributed by atoms with Crippen molar-refractivity contribution in [1.29, 1.82) is 0 Å². The summed E-state index contributed by atoms with van der Waals surface area (Å²) in [5, 5.41) is 5.54. The van der Waals surface area contributed by atoms with Crippen molar-refractivity contribution >= 4 is 11.8 Å². The van der Waals surface area contributed by atoms with E-state index in [0.29, 0.717) is 17.2 Å². The van der Waals surface area contributed by atoms with Gasteiger partial charge >= 0.3 is 0 Å². The highest BCUT2D eigenvalue weighted by molar-refractivity contribution is 5.96. The number of carbonyl (C=O) groups is 2. The second kappa shape index (κ2) is 9.76. The van der Waals surface area contributed by atoms with Crippen LogP contribution in [0.4, 0.5) is 0 Å². The van der Waals surface area contributed by atoms with Crippen molar-refractivity contribution in [3.8, 4) is 5.75 Å². The van der Waals surface area contributed by atoms with Gasteiger partial charge in [-0.05, 0) is 54.7 Å². The van der Waals surface area contributed by atoms with E-state index in [1.165, 1.54) is 5.56 Å². The molecule has 0 aromatic heterocycles. The molecule has 2 aromatic carbocycles. The van der Waals surface area contributed by atoms with E-state index in [9.17, 15) is 9.59 Å². The van der Waals surface area contributed by atoms with Crippen molar-refractivity contribution in [2.75, 3.05) is 13.7 Å². The summed E-state index contributed by atoms with van der Waals surface area (Å²) in [7, 11) is 1.57. The first-order chi connectivity index (χ1) is 12.9. The topological polar surface area (TPSA) is 67.4 Å². The molecule has 2 aromatic rings. The van der Waals surface area contributed by atoms with Crippen molar-refractivity contribution in [1.82, 2.24) is 10.6 Å². The van der Waals surface area contributed by atoms with Crippen molar-refractivity contribution in [3.63, 3.8) is 0 Å². The number of hydrogen-bond donors (Lipinski definition) is 2. The zero-order chi connectivity index (χ0) is 19.8. The molecule has 0 aliphatic carbocycles. The Morgan fingerprint density at radius 2 is 1.59 bits per heavy atom. The minimum Gasteiger partial charge on any atom is -0.497 e. The number of methoxy groups -OCH3 is 1. The van der Waals surface area contributed by atoms with Crippen LogP contribution in [0.2, 0.25) is 0 Å². The van der Waals surface area contributed by atoms with Crippen LogP contribution < -0.4 is 15.4 Å². The lowest BCUT2D eigenvalue weighted by Gasteiger charge is -2.15. The molecule has 1 atom stereocenters. The molecule has 0 aliphatic rings. The highest BCUT2D eigenvalue weighted by Crippen LogP contribution is 2.15. The lowest BCUT2D eigenvalue weighted by atomic mass is 10.00. The zero-order valence-corrected chi connectivity index (χ0v) is 16.4. The molecule has 2 rings (SSSR count). The number of rotatable bonds is 8. The van der Waals surface area contributed by atoms with Crippen LogP contribution in [0.1, 0.15) is 48.3 Å². The molecule has 0 aliphatic heterocycles. The summed E-state index contributed by atoms with van der Waals surface area (Å²) in [6, 6.07) is 14.9. The van der Waals surface area contributed by atoms with Gasteiger partial charge < -0.3 is 15.4 Å². The molecule has 5 nitrogen and oxygen atoms in total. The van der Waals surface area contributed by atoms with Crippen LogP contribution in [0, 0.1) is 5.92 Å². The van der Waals surface area contributed by atoms with Crippen LogP contribution in [0.3, 0.4) is 0 Å². The molecule has 0 heterocycles. The Morgan fingerprint density at radius 1 is 0.963 bits per heavy atom. The Labute approximate surface area is 161 Å². The molecule has 0 radical (unpaired) electrons. The van der Waals surface area contributed by atoms with Crippen LogP contribution in [0.25, 0.3) is 0 Å². The first-order valence-corrected chi connectivity index (χ1v) is 9.19. The van der Waals surface area contributed by atoms with Crippen LogP contribution in [0.15, 0.2) is 48.5 Å². The number of hydrogen-bond acceptors (Lipinski definition) is 3. The predicted molar refractivity (Wildman–Crippen MR) is 107 cm³/mol. The molecule has 0 saturated carbocycles. The number of carbonyl (C=O) groups excluding carboxylic acids is 2. The Bertz CT molecular complexity index is 752. The van der Waals surface area contributed by atoms with Gasteiger partial charge in [-0.25, -0.2) is 0 Å². The summed E-state index contributed by atoms with van der Waals surface area (Å²) >= 11 is 0. The van der Waals surface area contributed by atoms with E-state index in [1.807, 2.05) is 19.1 Å². The Balaban J connectivity index is 1.82. The quantitative estimate of drug-likeness (QED) is 0.749. The number of amides is 2. The molecule has 0 spiro atoms. The molecule has 27 heavy (non-hydrogen) atoms. The van der Waals surface area contributed by atoms with Gasteiger partial charge in [0.05, 0.1) is 19.7 Å². The maximum Gasteiger partial charge on any atom is 0.251 e. The van der Waals surface area contributed by atoms with Gasteiger partial charge in [0.25, 0.3) is 5.91 Å². The minimum atomic E-state index is -0.293. The summed E-state index contributed by atoms with van der Waals surface area (Å²) in [5.41, 5.74) is 2.81. The Kier molecular flexibility index (Phi) is 7.41. The Morgan fingerprint density at radius 3 is 2.15 bits per heavy atom. The van der Waals surface area contributed by atoms with Crippen molar-refractivity contribution < 1.29 is 14.3 Å². The van der Waals surface area contributed by atoms with Crippen LogP contribution in [-0.4, -0.2) is 25.5 Å². The standard InChI is InChI=1S/C22H28N2O3/c1-15(2)13-17-5-7-18(8-6-17)16(3)24-21(25)14-23-22(26)19-9-11-20(27-4)12-10-19/h5-12,15-16H,13-14H2,1-4H3,(H,23,26)(H,24,25). The van der Waals surface area contributed by atoms with Crippen LogP contribution in [0.5, 0.6) is 5.75 Å². The lowest BCUT2D eigenvalue weighted by molar-refractivity contribution is -0.120. The molecule has 0 bridgehead atoms. The molecule has 5 heteroatoms. The van der Waals surface area contributed by atoms with Crippen molar-refractivity contribution in [3.05, 3.63) is 65.2 Å². The first-order valence-electron chi connectivity index (χ1n) is 9.19. The minimum absolute atomic E-state index is 0.0688. The maximum absolute atomic E-state index is 12.1. The maximum atomic E-state index is 12.1. The average Bonchev–Trinajstić information content (AvgIpc) is 2.66. The van der Waals surface area contributed by atoms with Gasteiger partial charge in [-0.15, -0.1) is 0 Å². The molecule has 1 unspecified atom stereocenters. The number of nitrogens with one attached hydrogen (secondary N) is 2. The first kappa shape index (κ1) is 20.5. The summed E-state index contributed by atoms with van der Waals surface area (Å²) < 4.78 is 5.06. The molecule has 144 valence electrons. The van der Waals surface area contributed by atoms with Gasteiger partial charge in [-0.2, -0.15) is 0 Å². The van der Waals surface area contributed by atoms with Gasteiger partial charge in [-0.3, -0.25) is 9.59 Å². The Hall–Kier alpha value is -2.82. The van der Waals surface area contributed by atoms with Gasteiger partial charge in [0, 0.05) is 5.56 Å². The highest BCUT2D eigenvalue weighted by Gasteiger charge is 2.12. The lowest BCUT2D eigenvalue weighted by Crippen LogP contribution is -2.38. The monoisotopic (exact) mass is 368 g/mol. The summed E-state index contributed by atoms with van der Waals surface area (Å²) in [4.78, 5) is 24.2.